The van der Waals surface area contributed by atoms with Gasteiger partial charge in [0.2, 0.25) is 5.91 Å². The molecule has 2 atom stereocenters. The maximum Gasteiger partial charge on any atom is 0.244 e. The molecule has 0 unspecified atom stereocenters. The molecule has 0 saturated carbocycles. The third-order valence-electron chi connectivity index (χ3n) is 4.08. The van der Waals surface area contributed by atoms with Crippen molar-refractivity contribution in [1.82, 2.24) is 25.0 Å². The molecule has 2 heterocycles. The molecule has 0 aliphatic carbocycles. The minimum Gasteiger partial charge on any atom is -0.350 e. The lowest BCUT2D eigenvalue weighted by Gasteiger charge is -2.18. The zero-order chi connectivity index (χ0) is 15.4. The fraction of sp³-hybridized carbons (Fsp3) is 0.438. The van der Waals surface area contributed by atoms with Gasteiger partial charge in [0.1, 0.15) is 18.7 Å². The van der Waals surface area contributed by atoms with Crippen molar-refractivity contribution >= 4 is 5.91 Å². The van der Waals surface area contributed by atoms with Crippen LogP contribution in [0.4, 0.5) is 0 Å². The van der Waals surface area contributed by atoms with E-state index in [-0.39, 0.29) is 18.0 Å². The van der Waals surface area contributed by atoms with Gasteiger partial charge in [-0.15, -0.1) is 0 Å². The van der Waals surface area contributed by atoms with Crippen molar-refractivity contribution in [2.24, 2.45) is 0 Å². The van der Waals surface area contributed by atoms with Gasteiger partial charge in [0.25, 0.3) is 0 Å². The van der Waals surface area contributed by atoms with E-state index in [0.717, 1.165) is 26.1 Å². The van der Waals surface area contributed by atoms with Crippen LogP contribution in [0.2, 0.25) is 0 Å². The monoisotopic (exact) mass is 299 g/mol. The maximum absolute atomic E-state index is 12.2. The molecule has 1 fully saturated rings. The molecule has 1 aromatic heterocycles. The zero-order valence-electron chi connectivity index (χ0n) is 12.7. The van der Waals surface area contributed by atoms with Crippen LogP contribution >= 0.6 is 0 Å². The third kappa shape index (κ3) is 3.51. The molecule has 1 N–H and O–H groups in total. The van der Waals surface area contributed by atoms with Crippen LogP contribution in [0.1, 0.15) is 24.9 Å². The molecule has 1 aromatic carbocycles. The molecule has 6 nitrogen and oxygen atoms in total. The number of nitrogens with zero attached hydrogens (tertiary/aromatic N) is 4. The Bertz CT molecular complexity index is 598. The van der Waals surface area contributed by atoms with Crippen molar-refractivity contribution in [3.8, 4) is 0 Å². The van der Waals surface area contributed by atoms with Gasteiger partial charge in [0.05, 0.1) is 0 Å². The average molecular weight is 299 g/mol. The summed E-state index contributed by atoms with van der Waals surface area (Å²) in [6.45, 7) is 4.68. The number of carbonyl (C=O) groups excluding carboxylic acids is 1. The lowest BCUT2D eigenvalue weighted by molar-refractivity contribution is -0.124. The number of carbonyl (C=O) groups is 1. The SMILES string of the molecule is C[C@H](C(=O)N[C@H]1CCN(Cc2ccccc2)C1)n1cncn1. The largest absolute Gasteiger partial charge is 0.350 e. The number of benzene rings is 1. The summed E-state index contributed by atoms with van der Waals surface area (Å²) in [5.74, 6) is -0.00272. The van der Waals surface area contributed by atoms with Crippen LogP contribution in [0.15, 0.2) is 43.0 Å². The first kappa shape index (κ1) is 14.7. The van der Waals surface area contributed by atoms with Crippen LogP contribution in [0.3, 0.4) is 0 Å². The molecule has 2 aromatic rings. The van der Waals surface area contributed by atoms with Gasteiger partial charge >= 0.3 is 0 Å². The molecule has 22 heavy (non-hydrogen) atoms. The number of amides is 1. The van der Waals surface area contributed by atoms with E-state index < -0.39 is 0 Å². The minimum absolute atomic E-state index is 0.00272. The highest BCUT2D eigenvalue weighted by Gasteiger charge is 2.26. The van der Waals surface area contributed by atoms with Crippen molar-refractivity contribution in [3.63, 3.8) is 0 Å². The summed E-state index contributed by atoms with van der Waals surface area (Å²) in [6.07, 6.45) is 4.00. The Morgan fingerprint density at radius 3 is 2.95 bits per heavy atom. The van der Waals surface area contributed by atoms with Crippen molar-refractivity contribution < 1.29 is 4.79 Å². The molecule has 0 spiro atoms. The normalized spacial score (nSPS) is 20.0. The first-order valence-electron chi connectivity index (χ1n) is 7.63. The highest BCUT2D eigenvalue weighted by molar-refractivity contribution is 5.80. The molecule has 1 amide bonds. The Morgan fingerprint density at radius 2 is 2.23 bits per heavy atom. The summed E-state index contributed by atoms with van der Waals surface area (Å²) in [6, 6.07) is 10.3. The van der Waals surface area contributed by atoms with Gasteiger partial charge in [-0.2, -0.15) is 5.10 Å². The molecule has 116 valence electrons. The summed E-state index contributed by atoms with van der Waals surface area (Å²) in [7, 11) is 0. The lowest BCUT2D eigenvalue weighted by Crippen LogP contribution is -2.40. The van der Waals surface area contributed by atoms with Gasteiger partial charge in [-0.05, 0) is 18.9 Å². The number of hydrogen-bond acceptors (Lipinski definition) is 4. The van der Waals surface area contributed by atoms with E-state index in [1.807, 2.05) is 13.0 Å². The van der Waals surface area contributed by atoms with E-state index in [0.29, 0.717) is 0 Å². The van der Waals surface area contributed by atoms with Crippen molar-refractivity contribution in [2.45, 2.75) is 32.0 Å². The summed E-state index contributed by atoms with van der Waals surface area (Å²) in [5, 5.41) is 7.13. The zero-order valence-corrected chi connectivity index (χ0v) is 12.7. The Hall–Kier alpha value is -2.21. The second-order valence-electron chi connectivity index (χ2n) is 5.77. The molecular formula is C16H21N5O. The van der Waals surface area contributed by atoms with Crippen LogP contribution in [0, 0.1) is 0 Å². The molecule has 0 bridgehead atoms. The molecule has 1 aliphatic heterocycles. The first-order chi connectivity index (χ1) is 10.7. The van der Waals surface area contributed by atoms with Gasteiger partial charge in [0.15, 0.2) is 0 Å². The van der Waals surface area contributed by atoms with Gasteiger partial charge in [-0.3, -0.25) is 9.69 Å². The number of aromatic nitrogens is 3. The van der Waals surface area contributed by atoms with Gasteiger partial charge in [0, 0.05) is 25.7 Å². The number of nitrogens with one attached hydrogen (secondary N) is 1. The number of hydrogen-bond donors (Lipinski definition) is 1. The summed E-state index contributed by atoms with van der Waals surface area (Å²) in [5.41, 5.74) is 1.31. The molecule has 1 aliphatic rings. The summed E-state index contributed by atoms with van der Waals surface area (Å²) < 4.78 is 1.58. The molecular weight excluding hydrogens is 278 g/mol. The molecule has 3 rings (SSSR count). The minimum atomic E-state index is -0.328. The average Bonchev–Trinajstić information content (AvgIpc) is 3.19. The van der Waals surface area contributed by atoms with Gasteiger partial charge in [-0.1, -0.05) is 30.3 Å². The predicted octanol–water partition coefficient (Wildman–Crippen LogP) is 1.23. The summed E-state index contributed by atoms with van der Waals surface area (Å²) in [4.78, 5) is 18.5. The topological polar surface area (TPSA) is 63.1 Å². The maximum atomic E-state index is 12.2. The van der Waals surface area contributed by atoms with Crippen LogP contribution in [0.25, 0.3) is 0 Å². The van der Waals surface area contributed by atoms with Crippen molar-refractivity contribution in [3.05, 3.63) is 48.5 Å². The highest BCUT2D eigenvalue weighted by atomic mass is 16.2. The third-order valence-corrected chi connectivity index (χ3v) is 4.08. The Morgan fingerprint density at radius 1 is 1.41 bits per heavy atom. The van der Waals surface area contributed by atoms with E-state index in [2.05, 4.69) is 44.6 Å². The van der Waals surface area contributed by atoms with Crippen LogP contribution in [0.5, 0.6) is 0 Å². The summed E-state index contributed by atoms with van der Waals surface area (Å²) >= 11 is 0. The Kier molecular flexibility index (Phi) is 4.48. The second kappa shape index (κ2) is 6.70. The number of likely N-dealkylation sites (tertiary alicyclic amines) is 1. The fourth-order valence-electron chi connectivity index (χ4n) is 2.79. The van der Waals surface area contributed by atoms with Crippen molar-refractivity contribution in [1.29, 1.82) is 0 Å². The van der Waals surface area contributed by atoms with E-state index in [4.69, 9.17) is 0 Å². The molecule has 1 saturated heterocycles. The van der Waals surface area contributed by atoms with Gasteiger partial charge in [-0.25, -0.2) is 9.67 Å². The van der Waals surface area contributed by atoms with Crippen LogP contribution < -0.4 is 5.32 Å². The predicted molar refractivity (Wildman–Crippen MR) is 83.0 cm³/mol. The lowest BCUT2D eigenvalue weighted by atomic mass is 10.2. The Labute approximate surface area is 130 Å². The van der Waals surface area contributed by atoms with Crippen LogP contribution in [-0.2, 0) is 11.3 Å². The van der Waals surface area contributed by atoms with E-state index in [9.17, 15) is 4.79 Å². The van der Waals surface area contributed by atoms with E-state index in [1.54, 1.807) is 11.0 Å². The molecule has 0 radical (unpaired) electrons. The number of rotatable bonds is 5. The van der Waals surface area contributed by atoms with E-state index in [1.165, 1.54) is 11.9 Å². The smallest absolute Gasteiger partial charge is 0.244 e. The fourth-order valence-corrected chi connectivity index (χ4v) is 2.79. The standard InChI is InChI=1S/C16H21N5O/c1-13(21-12-17-11-18-21)16(22)19-15-7-8-20(10-15)9-14-5-3-2-4-6-14/h2-6,11-13,15H,7-10H2,1H3,(H,19,22)/t13-,15+/m1/s1. The quantitative estimate of drug-likeness (QED) is 0.902. The Balaban J connectivity index is 1.49. The van der Waals surface area contributed by atoms with Crippen LogP contribution in [-0.4, -0.2) is 44.7 Å². The second-order valence-corrected chi connectivity index (χ2v) is 5.77. The highest BCUT2D eigenvalue weighted by Crippen LogP contribution is 2.14. The molecule has 6 heteroatoms. The van der Waals surface area contributed by atoms with Gasteiger partial charge < -0.3 is 5.32 Å². The van der Waals surface area contributed by atoms with Crippen molar-refractivity contribution in [2.75, 3.05) is 13.1 Å². The van der Waals surface area contributed by atoms with E-state index >= 15 is 0 Å². The first-order valence-corrected chi connectivity index (χ1v) is 7.63.